The molecule has 1 aromatic carbocycles. The van der Waals surface area contributed by atoms with Crippen LogP contribution in [-0.2, 0) is 0 Å². The fraction of sp³-hybridized carbons (Fsp3) is 0.333. The van der Waals surface area contributed by atoms with Gasteiger partial charge < -0.3 is 15.2 Å². The van der Waals surface area contributed by atoms with Crippen molar-refractivity contribution in [3.05, 3.63) is 22.2 Å². The Morgan fingerprint density at radius 3 is 2.47 bits per heavy atom. The average molecular weight is 330 g/mol. The fourth-order valence-electron chi connectivity index (χ4n) is 1.35. The van der Waals surface area contributed by atoms with Crippen LogP contribution in [0.4, 0.5) is 4.79 Å². The number of carbonyl (C=O) groups is 1. The van der Waals surface area contributed by atoms with Crippen molar-refractivity contribution in [2.24, 2.45) is 10.8 Å². The number of carbonyl (C=O) groups excluding carboxylic acids is 1. The van der Waals surface area contributed by atoms with Gasteiger partial charge in [0.25, 0.3) is 0 Å². The highest BCUT2D eigenvalue weighted by atomic mass is 79.9. The van der Waals surface area contributed by atoms with E-state index in [-0.39, 0.29) is 0 Å². The quantitative estimate of drug-likeness (QED) is 0.620. The van der Waals surface area contributed by atoms with Gasteiger partial charge in [-0.05, 0) is 41.9 Å². The van der Waals surface area contributed by atoms with E-state index in [1.165, 1.54) is 6.21 Å². The molecular formula is C12H16BrN3O3. The topological polar surface area (TPSA) is 85.9 Å². The Morgan fingerprint density at radius 1 is 1.37 bits per heavy atom. The molecular weight excluding hydrogens is 314 g/mol. The molecule has 0 saturated carbocycles. The van der Waals surface area contributed by atoms with Gasteiger partial charge in [-0.3, -0.25) is 0 Å². The summed E-state index contributed by atoms with van der Waals surface area (Å²) in [4.78, 5) is 10.5. The summed E-state index contributed by atoms with van der Waals surface area (Å²) in [6, 6.07) is 2.84. The highest BCUT2D eigenvalue weighted by Crippen LogP contribution is 2.33. The summed E-state index contributed by atoms with van der Waals surface area (Å²) in [7, 11) is 0. The lowest BCUT2D eigenvalue weighted by Gasteiger charge is -2.12. The lowest BCUT2D eigenvalue weighted by molar-refractivity contribution is 0.249. The first-order valence-electron chi connectivity index (χ1n) is 5.76. The number of primary amides is 1. The number of amides is 2. The summed E-state index contributed by atoms with van der Waals surface area (Å²) >= 11 is 3.40. The molecule has 104 valence electrons. The second kappa shape index (κ2) is 7.63. The van der Waals surface area contributed by atoms with Gasteiger partial charge in [0.2, 0.25) is 0 Å². The zero-order valence-electron chi connectivity index (χ0n) is 10.8. The number of nitrogens with zero attached hydrogens (tertiary/aromatic N) is 1. The molecule has 0 aromatic heterocycles. The molecule has 3 N–H and O–H groups in total. The van der Waals surface area contributed by atoms with Crippen molar-refractivity contribution in [3.8, 4) is 11.5 Å². The van der Waals surface area contributed by atoms with Gasteiger partial charge >= 0.3 is 6.03 Å². The summed E-state index contributed by atoms with van der Waals surface area (Å²) in [6.07, 6.45) is 1.47. The van der Waals surface area contributed by atoms with Crippen molar-refractivity contribution in [1.82, 2.24) is 5.43 Å². The molecule has 0 spiro atoms. The third kappa shape index (κ3) is 4.78. The first-order valence-corrected chi connectivity index (χ1v) is 6.55. The van der Waals surface area contributed by atoms with Crippen molar-refractivity contribution >= 4 is 28.2 Å². The van der Waals surface area contributed by atoms with E-state index >= 15 is 0 Å². The minimum Gasteiger partial charge on any atom is -0.490 e. The Morgan fingerprint density at radius 2 is 1.95 bits per heavy atom. The van der Waals surface area contributed by atoms with Crippen LogP contribution in [0, 0.1) is 0 Å². The second-order valence-corrected chi connectivity index (χ2v) is 4.28. The number of nitrogens with two attached hydrogens (primary N) is 1. The van der Waals surface area contributed by atoms with E-state index in [9.17, 15) is 4.79 Å². The molecule has 0 atom stereocenters. The Balaban J connectivity index is 3.01. The maximum Gasteiger partial charge on any atom is 0.332 e. The van der Waals surface area contributed by atoms with Crippen LogP contribution in [-0.4, -0.2) is 25.5 Å². The first-order chi connectivity index (χ1) is 9.08. The molecule has 19 heavy (non-hydrogen) atoms. The van der Waals surface area contributed by atoms with Crippen molar-refractivity contribution in [1.29, 1.82) is 0 Å². The number of nitrogens with one attached hydrogen (secondary N) is 1. The lowest BCUT2D eigenvalue weighted by atomic mass is 10.2. The minimum absolute atomic E-state index is 0.526. The molecule has 1 rings (SSSR count). The van der Waals surface area contributed by atoms with E-state index < -0.39 is 6.03 Å². The van der Waals surface area contributed by atoms with Gasteiger partial charge in [-0.25, -0.2) is 10.2 Å². The molecule has 0 aliphatic rings. The van der Waals surface area contributed by atoms with Crippen LogP contribution in [0.15, 0.2) is 21.7 Å². The molecule has 0 aliphatic carbocycles. The van der Waals surface area contributed by atoms with Crippen molar-refractivity contribution < 1.29 is 14.3 Å². The van der Waals surface area contributed by atoms with Crippen LogP contribution in [0.25, 0.3) is 0 Å². The van der Waals surface area contributed by atoms with E-state index in [1.807, 2.05) is 13.8 Å². The molecule has 1 aromatic rings. The third-order valence-electron chi connectivity index (χ3n) is 2.04. The number of hydrogen-bond acceptors (Lipinski definition) is 4. The maximum absolute atomic E-state index is 10.5. The summed E-state index contributed by atoms with van der Waals surface area (Å²) < 4.78 is 11.7. The monoisotopic (exact) mass is 329 g/mol. The van der Waals surface area contributed by atoms with Crippen LogP contribution in [0.5, 0.6) is 11.5 Å². The first kappa shape index (κ1) is 15.3. The van der Waals surface area contributed by atoms with Gasteiger partial charge in [0.05, 0.1) is 19.4 Å². The predicted octanol–water partition coefficient (Wildman–Crippen LogP) is 2.25. The second-order valence-electron chi connectivity index (χ2n) is 3.42. The van der Waals surface area contributed by atoms with Crippen molar-refractivity contribution in [2.45, 2.75) is 13.8 Å². The molecule has 0 fully saturated rings. The van der Waals surface area contributed by atoms with Crippen LogP contribution in [0.3, 0.4) is 0 Å². The fourth-order valence-corrected chi connectivity index (χ4v) is 1.78. The summed E-state index contributed by atoms with van der Waals surface area (Å²) in [5, 5.41) is 3.70. The smallest absolute Gasteiger partial charge is 0.332 e. The number of hydrogen-bond donors (Lipinski definition) is 2. The summed E-state index contributed by atoms with van der Waals surface area (Å²) in [6.45, 7) is 4.86. The number of rotatable bonds is 6. The molecule has 2 amide bonds. The standard InChI is InChI=1S/C12H16BrN3O3/c1-3-18-10-5-8(7-15-16-12(14)17)9(13)6-11(10)19-4-2/h5-7H,3-4H2,1-2H3,(H3,14,16,17). The van der Waals surface area contributed by atoms with Gasteiger partial charge in [-0.1, -0.05) is 0 Å². The molecule has 0 unspecified atom stereocenters. The van der Waals surface area contributed by atoms with Crippen LogP contribution in [0.1, 0.15) is 19.4 Å². The third-order valence-corrected chi connectivity index (χ3v) is 2.73. The number of urea groups is 1. The SMILES string of the molecule is CCOc1cc(Br)c(C=NNC(N)=O)cc1OCC. The normalized spacial score (nSPS) is 10.5. The Kier molecular flexibility index (Phi) is 6.14. The Bertz CT molecular complexity index is 478. The average Bonchev–Trinajstić information content (AvgIpc) is 2.34. The van der Waals surface area contributed by atoms with Crippen LogP contribution < -0.4 is 20.6 Å². The Hall–Kier alpha value is -1.76. The van der Waals surface area contributed by atoms with E-state index in [1.54, 1.807) is 12.1 Å². The van der Waals surface area contributed by atoms with Gasteiger partial charge in [0.1, 0.15) is 0 Å². The number of hydrazone groups is 1. The van der Waals surface area contributed by atoms with Crippen LogP contribution in [0.2, 0.25) is 0 Å². The molecule has 0 heterocycles. The predicted molar refractivity (Wildman–Crippen MR) is 76.8 cm³/mol. The van der Waals surface area contributed by atoms with E-state index in [4.69, 9.17) is 15.2 Å². The molecule has 0 bridgehead atoms. The van der Waals surface area contributed by atoms with Crippen molar-refractivity contribution in [3.63, 3.8) is 0 Å². The molecule has 6 nitrogen and oxygen atoms in total. The molecule has 0 saturated heterocycles. The van der Waals surface area contributed by atoms with Gasteiger partial charge in [-0.15, -0.1) is 0 Å². The van der Waals surface area contributed by atoms with E-state index in [0.717, 1.165) is 10.0 Å². The maximum atomic E-state index is 10.5. The highest BCUT2D eigenvalue weighted by molar-refractivity contribution is 9.10. The Labute approximate surface area is 120 Å². The van der Waals surface area contributed by atoms with E-state index in [0.29, 0.717) is 24.7 Å². The van der Waals surface area contributed by atoms with E-state index in [2.05, 4.69) is 26.5 Å². The number of ether oxygens (including phenoxy) is 2. The molecule has 0 aliphatic heterocycles. The largest absolute Gasteiger partial charge is 0.490 e. The van der Waals surface area contributed by atoms with Gasteiger partial charge in [-0.2, -0.15) is 5.10 Å². The zero-order chi connectivity index (χ0) is 14.3. The number of benzene rings is 1. The number of halogens is 1. The highest BCUT2D eigenvalue weighted by Gasteiger charge is 2.09. The van der Waals surface area contributed by atoms with Gasteiger partial charge in [0, 0.05) is 10.0 Å². The molecule has 0 radical (unpaired) electrons. The summed E-state index contributed by atoms with van der Waals surface area (Å²) in [5.74, 6) is 1.27. The minimum atomic E-state index is -0.719. The lowest BCUT2D eigenvalue weighted by Crippen LogP contribution is -2.24. The summed E-state index contributed by atoms with van der Waals surface area (Å²) in [5.41, 5.74) is 7.78. The zero-order valence-corrected chi connectivity index (χ0v) is 12.4. The van der Waals surface area contributed by atoms with Gasteiger partial charge in [0.15, 0.2) is 11.5 Å². The molecule has 7 heteroatoms. The van der Waals surface area contributed by atoms with Crippen molar-refractivity contribution in [2.75, 3.05) is 13.2 Å². The van der Waals surface area contributed by atoms with Crippen LogP contribution >= 0.6 is 15.9 Å².